The number of ether oxygens (including phenoxy) is 3. The lowest BCUT2D eigenvalue weighted by Gasteiger charge is -2.15. The molecule has 2 aromatic heterocycles. The summed E-state index contributed by atoms with van der Waals surface area (Å²) < 4.78 is 16.2. The van der Waals surface area contributed by atoms with E-state index in [-0.39, 0.29) is 11.5 Å². The second kappa shape index (κ2) is 12.2. The van der Waals surface area contributed by atoms with E-state index in [1.807, 2.05) is 0 Å². The molecule has 198 valence electrons. The second-order valence-corrected chi connectivity index (χ2v) is 8.01. The monoisotopic (exact) mass is 527 g/mol. The Balaban J connectivity index is 1.56. The van der Waals surface area contributed by atoms with Crippen LogP contribution in [0.3, 0.4) is 0 Å². The van der Waals surface area contributed by atoms with Crippen molar-refractivity contribution in [1.29, 1.82) is 0 Å². The number of anilines is 4. The van der Waals surface area contributed by atoms with Gasteiger partial charge in [0.15, 0.2) is 17.3 Å². The molecule has 0 spiro atoms. The Kier molecular flexibility index (Phi) is 8.32. The number of nitrogens with one attached hydrogen (secondary N) is 2. The summed E-state index contributed by atoms with van der Waals surface area (Å²) >= 11 is 0. The predicted molar refractivity (Wildman–Crippen MR) is 148 cm³/mol. The number of aromatic nitrogens is 2. The van der Waals surface area contributed by atoms with Gasteiger partial charge in [-0.15, -0.1) is 0 Å². The molecule has 0 fully saturated rings. The number of carbonyl (C=O) groups is 1. The summed E-state index contributed by atoms with van der Waals surface area (Å²) in [6.45, 7) is 0. The van der Waals surface area contributed by atoms with Crippen LogP contribution in [0.25, 0.3) is 6.08 Å². The lowest BCUT2D eigenvalue weighted by molar-refractivity contribution is -0.384. The molecule has 0 aliphatic rings. The van der Waals surface area contributed by atoms with Crippen LogP contribution in [0.1, 0.15) is 15.9 Å². The van der Waals surface area contributed by atoms with Crippen molar-refractivity contribution in [3.63, 3.8) is 0 Å². The van der Waals surface area contributed by atoms with Crippen LogP contribution in [0.5, 0.6) is 17.2 Å². The van der Waals surface area contributed by atoms with Crippen LogP contribution in [-0.4, -0.2) is 42.0 Å². The van der Waals surface area contributed by atoms with Gasteiger partial charge in [-0.1, -0.05) is 0 Å². The number of hydrogen-bond donors (Lipinski definition) is 2. The number of allylic oxidation sites excluding steroid dienone is 1. The van der Waals surface area contributed by atoms with Crippen molar-refractivity contribution in [2.75, 3.05) is 32.0 Å². The van der Waals surface area contributed by atoms with Crippen LogP contribution in [0.15, 0.2) is 79.1 Å². The first-order valence-corrected chi connectivity index (χ1v) is 11.6. The van der Waals surface area contributed by atoms with E-state index < -0.39 is 4.92 Å². The summed E-state index contributed by atoms with van der Waals surface area (Å²) in [5.41, 5.74) is 2.18. The molecule has 2 N–H and O–H groups in total. The van der Waals surface area contributed by atoms with Crippen LogP contribution in [0.4, 0.5) is 28.7 Å². The van der Waals surface area contributed by atoms with Gasteiger partial charge in [-0.3, -0.25) is 14.9 Å². The largest absolute Gasteiger partial charge is 0.493 e. The molecule has 0 aliphatic heterocycles. The van der Waals surface area contributed by atoms with Gasteiger partial charge in [0, 0.05) is 53.6 Å². The van der Waals surface area contributed by atoms with Crippen molar-refractivity contribution in [3.8, 4) is 17.2 Å². The van der Waals surface area contributed by atoms with Crippen molar-refractivity contribution < 1.29 is 23.9 Å². The molecule has 11 heteroatoms. The van der Waals surface area contributed by atoms with Crippen molar-refractivity contribution >= 4 is 40.6 Å². The summed E-state index contributed by atoms with van der Waals surface area (Å²) in [5, 5.41) is 17.2. The Hall–Kier alpha value is -5.45. The van der Waals surface area contributed by atoms with E-state index in [0.717, 1.165) is 0 Å². The molecule has 39 heavy (non-hydrogen) atoms. The molecule has 0 radical (unpaired) electrons. The molecule has 0 saturated carbocycles. The van der Waals surface area contributed by atoms with E-state index in [9.17, 15) is 14.9 Å². The van der Waals surface area contributed by atoms with Gasteiger partial charge in [0.2, 0.25) is 5.75 Å². The average Bonchev–Trinajstić information content (AvgIpc) is 2.96. The molecule has 2 aromatic carbocycles. The molecule has 0 atom stereocenters. The highest BCUT2D eigenvalue weighted by atomic mass is 16.6. The van der Waals surface area contributed by atoms with Crippen LogP contribution < -0.4 is 24.8 Å². The van der Waals surface area contributed by atoms with Crippen molar-refractivity contribution in [2.24, 2.45) is 0 Å². The molecular weight excluding hydrogens is 502 g/mol. The van der Waals surface area contributed by atoms with Gasteiger partial charge in [-0.05, 0) is 48.6 Å². The summed E-state index contributed by atoms with van der Waals surface area (Å²) in [7, 11) is 4.56. The van der Waals surface area contributed by atoms with Gasteiger partial charge in [0.25, 0.3) is 5.69 Å². The zero-order chi connectivity index (χ0) is 27.8. The highest BCUT2D eigenvalue weighted by Crippen LogP contribution is 2.40. The Morgan fingerprint density at radius 3 is 2.08 bits per heavy atom. The minimum Gasteiger partial charge on any atom is -0.493 e. The highest BCUT2D eigenvalue weighted by Gasteiger charge is 2.16. The first kappa shape index (κ1) is 26.6. The van der Waals surface area contributed by atoms with Gasteiger partial charge in [0.1, 0.15) is 11.6 Å². The third-order valence-electron chi connectivity index (χ3n) is 5.59. The lowest BCUT2D eigenvalue weighted by Crippen LogP contribution is -2.04. The smallest absolute Gasteiger partial charge is 0.269 e. The Bertz CT molecular complexity index is 1500. The molecule has 0 amide bonds. The number of hydrogen-bond acceptors (Lipinski definition) is 10. The first-order chi connectivity index (χ1) is 18.9. The van der Waals surface area contributed by atoms with Crippen LogP contribution in [-0.2, 0) is 0 Å². The zero-order valence-electron chi connectivity index (χ0n) is 21.4. The number of non-ortho nitro benzene ring substituents is 1. The quantitative estimate of drug-likeness (QED) is 0.107. The number of benzene rings is 2. The van der Waals surface area contributed by atoms with Crippen LogP contribution in [0, 0.1) is 10.1 Å². The Morgan fingerprint density at radius 1 is 0.846 bits per heavy atom. The normalized spacial score (nSPS) is 10.6. The van der Waals surface area contributed by atoms with Crippen molar-refractivity contribution in [2.45, 2.75) is 0 Å². The van der Waals surface area contributed by atoms with Gasteiger partial charge >= 0.3 is 0 Å². The topological polar surface area (TPSA) is 138 Å². The summed E-state index contributed by atoms with van der Waals surface area (Å²) in [4.78, 5) is 32.3. The maximum atomic E-state index is 13.2. The fraction of sp³-hybridized carbons (Fsp3) is 0.107. The summed E-state index contributed by atoms with van der Waals surface area (Å²) in [6, 6.07) is 16.3. The third kappa shape index (κ3) is 6.28. The molecule has 0 bridgehead atoms. The standard InChI is InChI=1S/C28H25N5O6/c1-37-24-16-20(17-25(38-2)26(24)39-3)32-28-22(7-5-15-30-28)23(34)13-8-18-6-4-14-29-27(18)31-19-9-11-21(12-10-19)33(35)36/h4-17H,1-3H3,(H,29,31)(H,30,32). The highest BCUT2D eigenvalue weighted by molar-refractivity contribution is 6.10. The molecular formula is C28H25N5O6. The fourth-order valence-corrected chi connectivity index (χ4v) is 3.71. The average molecular weight is 528 g/mol. The van der Waals surface area contributed by atoms with Gasteiger partial charge < -0.3 is 24.8 Å². The first-order valence-electron chi connectivity index (χ1n) is 11.6. The number of nitrogens with zero attached hydrogens (tertiary/aromatic N) is 3. The molecule has 4 aromatic rings. The number of nitro benzene ring substituents is 1. The zero-order valence-corrected chi connectivity index (χ0v) is 21.4. The molecule has 0 aliphatic carbocycles. The van der Waals surface area contributed by atoms with Crippen LogP contribution >= 0.6 is 0 Å². The van der Waals surface area contributed by atoms with Crippen LogP contribution in [0.2, 0.25) is 0 Å². The SMILES string of the molecule is COc1cc(Nc2ncccc2C(=O)C=Cc2cccnc2Nc2ccc([N+](=O)[O-])cc2)cc(OC)c1OC. The number of rotatable bonds is 11. The number of ketones is 1. The lowest BCUT2D eigenvalue weighted by atomic mass is 10.1. The number of pyridine rings is 2. The van der Waals surface area contributed by atoms with E-state index in [0.29, 0.717) is 51.4 Å². The molecule has 0 unspecified atom stereocenters. The number of methoxy groups -OCH3 is 3. The van der Waals surface area contributed by atoms with Gasteiger partial charge in [-0.25, -0.2) is 9.97 Å². The Morgan fingerprint density at radius 2 is 1.46 bits per heavy atom. The van der Waals surface area contributed by atoms with E-state index in [1.54, 1.807) is 67.0 Å². The number of nitro groups is 1. The van der Waals surface area contributed by atoms with Gasteiger partial charge in [-0.2, -0.15) is 0 Å². The minimum absolute atomic E-state index is 0.0142. The maximum Gasteiger partial charge on any atom is 0.269 e. The number of carbonyl (C=O) groups excluding carboxylic acids is 1. The fourth-order valence-electron chi connectivity index (χ4n) is 3.71. The Labute approximate surface area is 224 Å². The second-order valence-electron chi connectivity index (χ2n) is 8.01. The van der Waals surface area contributed by atoms with Gasteiger partial charge in [0.05, 0.1) is 31.8 Å². The van der Waals surface area contributed by atoms with Crippen molar-refractivity contribution in [3.05, 3.63) is 100 Å². The summed E-state index contributed by atoms with van der Waals surface area (Å²) in [5.74, 6) is 1.89. The summed E-state index contributed by atoms with van der Waals surface area (Å²) in [6.07, 6.45) is 6.25. The third-order valence-corrected chi connectivity index (χ3v) is 5.59. The molecule has 11 nitrogen and oxygen atoms in total. The van der Waals surface area contributed by atoms with E-state index in [1.165, 1.54) is 39.5 Å². The maximum absolute atomic E-state index is 13.2. The molecule has 4 rings (SSSR count). The van der Waals surface area contributed by atoms with E-state index in [2.05, 4.69) is 20.6 Å². The predicted octanol–water partition coefficient (Wildman–Crippen LogP) is 5.79. The minimum atomic E-state index is -0.465. The molecule has 0 saturated heterocycles. The van der Waals surface area contributed by atoms with E-state index >= 15 is 0 Å². The van der Waals surface area contributed by atoms with E-state index in [4.69, 9.17) is 14.2 Å². The van der Waals surface area contributed by atoms with Crippen molar-refractivity contribution in [1.82, 2.24) is 9.97 Å². The molecule has 2 heterocycles.